The number of halogens is 1. The number of para-hydroxylation sites is 2. The first-order chi connectivity index (χ1) is 12.0. The molecule has 0 aliphatic rings. The minimum absolute atomic E-state index is 0.226. The molecule has 0 aliphatic carbocycles. The molecule has 1 atom stereocenters. The molecule has 6 heteroatoms. The zero-order valence-corrected chi connectivity index (χ0v) is 15.3. The van der Waals surface area contributed by atoms with Gasteiger partial charge in [-0.2, -0.15) is 0 Å². The molecule has 0 bridgehead atoms. The third-order valence-corrected chi connectivity index (χ3v) is 3.96. The summed E-state index contributed by atoms with van der Waals surface area (Å²) in [6, 6.07) is 12.7. The monoisotopic (exact) mass is 363 g/mol. The number of carbonyl (C=O) groups is 1. The maximum absolute atomic E-state index is 12.1. The van der Waals surface area contributed by atoms with Crippen LogP contribution in [0.1, 0.15) is 12.5 Å². The van der Waals surface area contributed by atoms with Gasteiger partial charge in [0, 0.05) is 5.02 Å². The Morgan fingerprint density at radius 3 is 2.60 bits per heavy atom. The normalized spacial score (nSPS) is 11.5. The molecule has 0 unspecified atom stereocenters. The van der Waals surface area contributed by atoms with Gasteiger partial charge in [-0.25, -0.2) is 0 Å². The molecule has 0 saturated carbocycles. The van der Waals surface area contributed by atoms with Gasteiger partial charge in [-0.05, 0) is 43.7 Å². The van der Waals surface area contributed by atoms with Gasteiger partial charge < -0.3 is 19.5 Å². The lowest BCUT2D eigenvalue weighted by Gasteiger charge is -2.16. The highest BCUT2D eigenvalue weighted by molar-refractivity contribution is 6.31. The van der Waals surface area contributed by atoms with Crippen molar-refractivity contribution in [2.24, 2.45) is 0 Å². The number of aryl methyl sites for hydroxylation is 1. The van der Waals surface area contributed by atoms with E-state index in [0.717, 1.165) is 5.56 Å². The Morgan fingerprint density at radius 1 is 1.20 bits per heavy atom. The molecule has 0 radical (unpaired) electrons. The summed E-state index contributed by atoms with van der Waals surface area (Å²) in [5.41, 5.74) is 0.990. The van der Waals surface area contributed by atoms with E-state index in [4.69, 9.17) is 25.8 Å². The zero-order chi connectivity index (χ0) is 18.2. The summed E-state index contributed by atoms with van der Waals surface area (Å²) in [5.74, 6) is 1.56. The van der Waals surface area contributed by atoms with E-state index in [0.29, 0.717) is 35.4 Å². The highest BCUT2D eigenvalue weighted by Gasteiger charge is 2.16. The summed E-state index contributed by atoms with van der Waals surface area (Å²) >= 11 is 6.04. The lowest BCUT2D eigenvalue weighted by atomic mass is 10.2. The van der Waals surface area contributed by atoms with Gasteiger partial charge in [0.1, 0.15) is 12.4 Å². The molecule has 5 nitrogen and oxygen atoms in total. The second kappa shape index (κ2) is 9.18. The van der Waals surface area contributed by atoms with Crippen LogP contribution in [0.25, 0.3) is 0 Å². The van der Waals surface area contributed by atoms with Crippen LogP contribution in [-0.2, 0) is 4.79 Å². The van der Waals surface area contributed by atoms with Gasteiger partial charge in [-0.1, -0.05) is 29.8 Å². The molecule has 0 aliphatic heterocycles. The third-order valence-electron chi connectivity index (χ3n) is 3.56. The van der Waals surface area contributed by atoms with Crippen molar-refractivity contribution in [3.63, 3.8) is 0 Å². The number of nitrogens with one attached hydrogen (secondary N) is 1. The smallest absolute Gasteiger partial charge is 0.260 e. The van der Waals surface area contributed by atoms with Crippen molar-refractivity contribution in [3.05, 3.63) is 53.1 Å². The lowest BCUT2D eigenvalue weighted by Crippen LogP contribution is -2.38. The molecule has 0 heterocycles. The van der Waals surface area contributed by atoms with Gasteiger partial charge in [0.15, 0.2) is 17.6 Å². The third kappa shape index (κ3) is 5.57. The number of benzene rings is 2. The maximum Gasteiger partial charge on any atom is 0.260 e. The maximum atomic E-state index is 12.1. The van der Waals surface area contributed by atoms with Crippen LogP contribution in [0.5, 0.6) is 17.2 Å². The fraction of sp³-hybridized carbons (Fsp3) is 0.316. The van der Waals surface area contributed by atoms with E-state index in [-0.39, 0.29) is 5.91 Å². The highest BCUT2D eigenvalue weighted by Crippen LogP contribution is 2.26. The molecule has 0 fully saturated rings. The second-order valence-corrected chi connectivity index (χ2v) is 5.87. The number of amides is 1. The SMILES string of the molecule is COc1ccccc1O[C@@H](C)C(=O)NCCOc1ccc(C)c(Cl)c1. The van der Waals surface area contributed by atoms with E-state index in [1.807, 2.05) is 31.2 Å². The number of rotatable bonds is 8. The van der Waals surface area contributed by atoms with Crippen LogP contribution in [0.15, 0.2) is 42.5 Å². The lowest BCUT2D eigenvalue weighted by molar-refractivity contribution is -0.127. The molecule has 0 aromatic heterocycles. The number of hydrogen-bond acceptors (Lipinski definition) is 4. The van der Waals surface area contributed by atoms with E-state index < -0.39 is 6.10 Å². The van der Waals surface area contributed by atoms with Crippen LogP contribution in [0.2, 0.25) is 5.02 Å². The Balaban J connectivity index is 1.76. The summed E-state index contributed by atoms with van der Waals surface area (Å²) in [4.78, 5) is 12.1. The van der Waals surface area contributed by atoms with E-state index in [2.05, 4.69) is 5.32 Å². The van der Waals surface area contributed by atoms with Crippen LogP contribution in [0, 0.1) is 6.92 Å². The van der Waals surface area contributed by atoms with Crippen molar-refractivity contribution in [2.45, 2.75) is 20.0 Å². The standard InChI is InChI=1S/C19H22ClNO4/c1-13-8-9-15(12-16(13)20)24-11-10-21-19(22)14(2)25-18-7-5-4-6-17(18)23-3/h4-9,12,14H,10-11H2,1-3H3,(H,21,22)/t14-/m0/s1. The van der Waals surface area contributed by atoms with Crippen molar-refractivity contribution in [1.29, 1.82) is 0 Å². The first-order valence-electron chi connectivity index (χ1n) is 7.97. The molecule has 1 amide bonds. The van der Waals surface area contributed by atoms with Crippen LogP contribution in [0.4, 0.5) is 0 Å². The molecular weight excluding hydrogens is 342 g/mol. The van der Waals surface area contributed by atoms with Gasteiger partial charge >= 0.3 is 0 Å². The van der Waals surface area contributed by atoms with Crippen molar-refractivity contribution >= 4 is 17.5 Å². The summed E-state index contributed by atoms with van der Waals surface area (Å²) in [6.45, 7) is 4.31. The summed E-state index contributed by atoms with van der Waals surface area (Å²) in [7, 11) is 1.56. The fourth-order valence-electron chi connectivity index (χ4n) is 2.11. The Labute approximate surface area is 152 Å². The van der Waals surface area contributed by atoms with E-state index in [1.54, 1.807) is 32.2 Å². The van der Waals surface area contributed by atoms with Gasteiger partial charge in [-0.3, -0.25) is 4.79 Å². The molecule has 2 rings (SSSR count). The van der Waals surface area contributed by atoms with Gasteiger partial charge in [0.05, 0.1) is 13.7 Å². The van der Waals surface area contributed by atoms with Crippen molar-refractivity contribution in [3.8, 4) is 17.2 Å². The molecule has 134 valence electrons. The molecule has 2 aromatic carbocycles. The topological polar surface area (TPSA) is 56.8 Å². The zero-order valence-electron chi connectivity index (χ0n) is 14.5. The first-order valence-corrected chi connectivity index (χ1v) is 8.35. The predicted octanol–water partition coefficient (Wildman–Crippen LogP) is 3.62. The number of ether oxygens (including phenoxy) is 3. The molecule has 1 N–H and O–H groups in total. The van der Waals surface area contributed by atoms with E-state index >= 15 is 0 Å². The second-order valence-electron chi connectivity index (χ2n) is 5.46. The summed E-state index contributed by atoms with van der Waals surface area (Å²) in [6.07, 6.45) is -0.648. The van der Waals surface area contributed by atoms with Crippen LogP contribution >= 0.6 is 11.6 Å². The quantitative estimate of drug-likeness (QED) is 0.728. The predicted molar refractivity (Wildman–Crippen MR) is 97.8 cm³/mol. The molecule has 25 heavy (non-hydrogen) atoms. The Bertz CT molecular complexity index is 720. The Morgan fingerprint density at radius 2 is 1.92 bits per heavy atom. The average molecular weight is 364 g/mol. The summed E-state index contributed by atoms with van der Waals surface area (Å²) < 4.78 is 16.4. The van der Waals surface area contributed by atoms with Gasteiger partial charge in [0.2, 0.25) is 0 Å². The number of carbonyl (C=O) groups excluding carboxylic acids is 1. The van der Waals surface area contributed by atoms with E-state index in [9.17, 15) is 4.79 Å². The highest BCUT2D eigenvalue weighted by atomic mass is 35.5. The largest absolute Gasteiger partial charge is 0.493 e. The molecular formula is C19H22ClNO4. The summed E-state index contributed by atoms with van der Waals surface area (Å²) in [5, 5.41) is 3.43. The fourth-order valence-corrected chi connectivity index (χ4v) is 2.28. The van der Waals surface area contributed by atoms with Crippen LogP contribution in [-0.4, -0.2) is 32.3 Å². The number of hydrogen-bond donors (Lipinski definition) is 1. The van der Waals surface area contributed by atoms with Crippen LogP contribution < -0.4 is 19.5 Å². The minimum Gasteiger partial charge on any atom is -0.493 e. The molecule has 0 spiro atoms. The molecule has 2 aromatic rings. The van der Waals surface area contributed by atoms with Crippen molar-refractivity contribution in [2.75, 3.05) is 20.3 Å². The first kappa shape index (κ1) is 18.9. The Kier molecular flexibility index (Phi) is 6.95. The van der Waals surface area contributed by atoms with Gasteiger partial charge in [0.25, 0.3) is 5.91 Å². The van der Waals surface area contributed by atoms with Crippen molar-refractivity contribution in [1.82, 2.24) is 5.32 Å². The number of methoxy groups -OCH3 is 1. The average Bonchev–Trinajstić information content (AvgIpc) is 2.61. The minimum atomic E-state index is -0.648. The van der Waals surface area contributed by atoms with E-state index in [1.165, 1.54) is 0 Å². The Hall–Kier alpha value is -2.40. The molecule has 0 saturated heterocycles. The van der Waals surface area contributed by atoms with Gasteiger partial charge in [-0.15, -0.1) is 0 Å². The van der Waals surface area contributed by atoms with Crippen molar-refractivity contribution < 1.29 is 19.0 Å². The van der Waals surface area contributed by atoms with Crippen LogP contribution in [0.3, 0.4) is 0 Å².